The smallest absolute Gasteiger partial charge is 0.186 e. The Morgan fingerprint density at radius 1 is 1.29 bits per heavy atom. The van der Waals surface area contributed by atoms with Crippen LogP contribution in [0.25, 0.3) is 5.73 Å². The summed E-state index contributed by atoms with van der Waals surface area (Å²) >= 11 is 0. The number of nitrogens with two attached hydrogens (primary N) is 2. The molecule has 0 aromatic heterocycles. The molecule has 0 amide bonds. The molecule has 0 saturated heterocycles. The number of aliphatic hydroxyl groups is 1. The van der Waals surface area contributed by atoms with E-state index in [1.165, 1.54) is 0 Å². The summed E-state index contributed by atoms with van der Waals surface area (Å²) in [6.07, 6.45) is 3.28. The molecule has 118 valence electrons. The topological polar surface area (TPSA) is 108 Å². The van der Waals surface area contributed by atoms with Gasteiger partial charge in [0.25, 0.3) is 0 Å². The first-order chi connectivity index (χ1) is 8.90. The van der Waals surface area contributed by atoms with Crippen LogP contribution in [-0.4, -0.2) is 29.3 Å². The zero-order chi connectivity index (χ0) is 14.6. The molecule has 1 saturated carbocycles. The fraction of sp³-hybridized carbons (Fsp3) is 0.929. The van der Waals surface area contributed by atoms with E-state index in [1.807, 2.05) is 6.92 Å². The van der Waals surface area contributed by atoms with Crippen molar-refractivity contribution in [3.8, 4) is 0 Å². The first-order valence-electron chi connectivity index (χ1n) is 7.38. The van der Waals surface area contributed by atoms with Crippen LogP contribution in [0.15, 0.2) is 4.99 Å². The van der Waals surface area contributed by atoms with Crippen LogP contribution < -0.4 is 11.5 Å². The average molecular weight is 723 g/mol. The molecule has 1 aliphatic carbocycles. The molecule has 1 aliphatic rings. The van der Waals surface area contributed by atoms with E-state index in [4.69, 9.17) is 17.2 Å². The van der Waals surface area contributed by atoms with Gasteiger partial charge < -0.3 is 22.3 Å². The predicted molar refractivity (Wildman–Crippen MR) is 79.7 cm³/mol. The van der Waals surface area contributed by atoms with Gasteiger partial charge in [0.2, 0.25) is 0 Å². The van der Waals surface area contributed by atoms with Gasteiger partial charge in [-0.05, 0) is 24.2 Å². The van der Waals surface area contributed by atoms with Gasteiger partial charge >= 0.3 is 0 Å². The second-order valence-electron chi connectivity index (χ2n) is 5.93. The number of rotatable bonds is 6. The second-order valence-corrected chi connectivity index (χ2v) is 5.93. The fourth-order valence-corrected chi connectivity index (χ4v) is 3.26. The third-order valence-corrected chi connectivity index (χ3v) is 4.56. The summed E-state index contributed by atoms with van der Waals surface area (Å²) in [4.78, 5) is 4.23. The number of hydrogen-bond acceptors (Lipinski definition) is 2. The van der Waals surface area contributed by atoms with E-state index in [-0.39, 0.29) is 118 Å². The van der Waals surface area contributed by atoms with Crippen molar-refractivity contribution in [1.82, 2.24) is 0 Å². The fourth-order valence-electron chi connectivity index (χ4n) is 3.26. The molecule has 1 rings (SSSR count). The van der Waals surface area contributed by atoms with Crippen LogP contribution >= 0.6 is 0 Å². The van der Waals surface area contributed by atoms with E-state index in [9.17, 15) is 5.11 Å². The summed E-state index contributed by atoms with van der Waals surface area (Å²) in [5.74, 6) is 0.627. The summed E-state index contributed by atoms with van der Waals surface area (Å²) in [5.41, 5.74) is 19.3. The Kier molecular flexibility index (Phi) is 15.0. The SMILES string of the molecule is CCC(CC)CC([NH-])C1C(N=C(N)N)CC(C)C1O.[Ac].[Ac]. The maximum atomic E-state index is 10.3. The zero-order valence-corrected chi connectivity index (χ0v) is 23.0. The van der Waals surface area contributed by atoms with Crippen molar-refractivity contribution in [3.05, 3.63) is 5.73 Å². The third-order valence-electron chi connectivity index (χ3n) is 4.56. The molecule has 0 aliphatic heterocycles. The first kappa shape index (κ1) is 25.3. The van der Waals surface area contributed by atoms with Gasteiger partial charge in [0, 0.05) is 88.1 Å². The van der Waals surface area contributed by atoms with Crippen molar-refractivity contribution < 1.29 is 93.2 Å². The number of nitrogens with one attached hydrogen (secondary N) is 1. The minimum Gasteiger partial charge on any atom is -0.674 e. The normalized spacial score (nSPS) is 29.4. The molecule has 0 heterocycles. The number of aliphatic imine (C=N–C) groups is 1. The minimum absolute atomic E-state index is 0. The molecular weight excluding hydrogens is 694 g/mol. The van der Waals surface area contributed by atoms with Crippen molar-refractivity contribution in [3.63, 3.8) is 0 Å². The maximum Gasteiger partial charge on any atom is 0.186 e. The van der Waals surface area contributed by atoms with Crippen LogP contribution in [0.2, 0.25) is 0 Å². The number of guanidine groups is 1. The number of hydrogen-bond donors (Lipinski definition) is 3. The van der Waals surface area contributed by atoms with Crippen LogP contribution in [-0.2, 0) is 0 Å². The summed E-state index contributed by atoms with van der Waals surface area (Å²) in [7, 11) is 0. The van der Waals surface area contributed by atoms with Gasteiger partial charge in [0.05, 0.1) is 12.1 Å². The standard InChI is InChI=1S/C14H29N4O.2Ac/c1-4-9(5-2)7-10(15)12-11(18-14(16)17)6-8(3)13(12)19;;/h8-13,15,19H,4-7H2,1-3H3,(H4,16,17,18);;/q-1;;. The molecule has 0 aromatic carbocycles. The summed E-state index contributed by atoms with van der Waals surface area (Å²) in [6.45, 7) is 6.31. The van der Waals surface area contributed by atoms with E-state index in [0.29, 0.717) is 5.92 Å². The molecule has 5 atom stereocenters. The van der Waals surface area contributed by atoms with Crippen LogP contribution in [0.3, 0.4) is 0 Å². The van der Waals surface area contributed by atoms with Gasteiger partial charge in [-0.1, -0.05) is 40.0 Å². The summed E-state index contributed by atoms with van der Waals surface area (Å²) in [5, 5.41) is 10.3. The summed E-state index contributed by atoms with van der Waals surface area (Å²) < 4.78 is 0. The minimum atomic E-state index is -0.468. The second kappa shape index (κ2) is 12.4. The van der Waals surface area contributed by atoms with Gasteiger partial charge in [-0.2, -0.15) is 0 Å². The van der Waals surface area contributed by atoms with E-state index >= 15 is 0 Å². The van der Waals surface area contributed by atoms with Gasteiger partial charge in [-0.25, -0.2) is 4.99 Å². The van der Waals surface area contributed by atoms with Crippen LogP contribution in [0.4, 0.5) is 0 Å². The average Bonchev–Trinajstić information content (AvgIpc) is 2.60. The predicted octanol–water partition coefficient (Wildman–Crippen LogP) is 1.89. The summed E-state index contributed by atoms with van der Waals surface area (Å²) in [6, 6.07) is -0.398. The molecule has 5 nitrogen and oxygen atoms in total. The quantitative estimate of drug-likeness (QED) is 0.288. The van der Waals surface area contributed by atoms with Gasteiger partial charge in [0.15, 0.2) is 5.96 Å². The molecule has 5 unspecified atom stereocenters. The van der Waals surface area contributed by atoms with Crippen LogP contribution in [0.1, 0.15) is 46.5 Å². The molecule has 2 radical (unpaired) electrons. The van der Waals surface area contributed by atoms with Crippen molar-refractivity contribution in [1.29, 1.82) is 0 Å². The molecule has 0 aromatic rings. The van der Waals surface area contributed by atoms with Gasteiger partial charge in [0.1, 0.15) is 0 Å². The first-order valence-corrected chi connectivity index (χ1v) is 7.38. The third kappa shape index (κ3) is 7.66. The number of nitrogens with zero attached hydrogens (tertiary/aromatic N) is 1. The van der Waals surface area contributed by atoms with Crippen LogP contribution in [0.5, 0.6) is 0 Å². The molecule has 21 heavy (non-hydrogen) atoms. The molecule has 0 bridgehead atoms. The molecular formula is C14H29Ac2N4O-. The van der Waals surface area contributed by atoms with Gasteiger partial charge in [-0.15, -0.1) is 6.04 Å². The van der Waals surface area contributed by atoms with Crippen molar-refractivity contribution in [2.75, 3.05) is 0 Å². The monoisotopic (exact) mass is 723 g/mol. The van der Waals surface area contributed by atoms with E-state index < -0.39 is 6.10 Å². The van der Waals surface area contributed by atoms with Gasteiger partial charge in [-0.3, -0.25) is 0 Å². The van der Waals surface area contributed by atoms with E-state index in [1.54, 1.807) is 0 Å². The van der Waals surface area contributed by atoms with Crippen molar-refractivity contribution >= 4 is 5.96 Å². The maximum absolute atomic E-state index is 10.3. The Morgan fingerprint density at radius 3 is 2.24 bits per heavy atom. The van der Waals surface area contributed by atoms with Crippen molar-refractivity contribution in [2.45, 2.75) is 64.6 Å². The van der Waals surface area contributed by atoms with Crippen LogP contribution in [0, 0.1) is 106 Å². The Hall–Kier alpha value is 2.07. The Morgan fingerprint density at radius 2 is 1.81 bits per heavy atom. The zero-order valence-electron chi connectivity index (χ0n) is 13.5. The van der Waals surface area contributed by atoms with Crippen molar-refractivity contribution in [2.24, 2.45) is 34.2 Å². The molecule has 0 spiro atoms. The molecule has 6 N–H and O–H groups in total. The molecule has 7 heteroatoms. The largest absolute Gasteiger partial charge is 0.674 e. The van der Waals surface area contributed by atoms with E-state index in [0.717, 1.165) is 25.7 Å². The Bertz CT molecular complexity index is 309. The van der Waals surface area contributed by atoms with E-state index in [2.05, 4.69) is 18.8 Å². The number of aliphatic hydroxyl groups excluding tert-OH is 1. The Balaban J connectivity index is 0. The Labute approximate surface area is 200 Å². The molecule has 1 fully saturated rings.